The van der Waals surface area contributed by atoms with Crippen molar-refractivity contribution in [3.05, 3.63) is 33.3 Å². The van der Waals surface area contributed by atoms with Crippen LogP contribution in [0.3, 0.4) is 0 Å². The summed E-state index contributed by atoms with van der Waals surface area (Å²) in [6.07, 6.45) is 0. The molecule has 1 rings (SSSR count). The number of amides is 1. The van der Waals surface area contributed by atoms with Gasteiger partial charge in [-0.25, -0.2) is 0 Å². The largest absolute Gasteiger partial charge is 0.480 e. The lowest BCUT2D eigenvalue weighted by Crippen LogP contribution is -2.48. The Bertz CT molecular complexity index is 511. The molecule has 6 heteroatoms. The number of carbonyl (C=O) groups is 2. The van der Waals surface area contributed by atoms with Gasteiger partial charge in [-0.3, -0.25) is 9.59 Å². The van der Waals surface area contributed by atoms with Gasteiger partial charge in [-0.15, -0.1) is 0 Å². The molecule has 0 atom stereocenters. The van der Waals surface area contributed by atoms with Gasteiger partial charge >= 0.3 is 5.97 Å². The highest BCUT2D eigenvalue weighted by Crippen LogP contribution is 2.25. The summed E-state index contributed by atoms with van der Waals surface area (Å²) in [7, 11) is 0. The number of rotatable bonds is 3. The summed E-state index contributed by atoms with van der Waals surface area (Å²) in [6.45, 7) is 4.99. The van der Waals surface area contributed by atoms with Crippen LogP contribution in [0.15, 0.2) is 22.7 Å². The van der Waals surface area contributed by atoms with E-state index in [0.29, 0.717) is 15.1 Å². The fourth-order valence-corrected chi connectivity index (χ4v) is 2.14. The van der Waals surface area contributed by atoms with E-state index in [0.717, 1.165) is 0 Å². The van der Waals surface area contributed by atoms with E-state index in [-0.39, 0.29) is 12.5 Å². The van der Waals surface area contributed by atoms with Gasteiger partial charge in [0.05, 0.1) is 5.56 Å². The molecule has 0 aliphatic carbocycles. The molecule has 0 aliphatic rings. The van der Waals surface area contributed by atoms with Crippen molar-refractivity contribution < 1.29 is 14.7 Å². The number of hydrogen-bond donors (Lipinski definition) is 1. The maximum atomic E-state index is 12.5. The Balaban J connectivity index is 3.19. The Kier molecular flexibility index (Phi) is 4.98. The van der Waals surface area contributed by atoms with Gasteiger partial charge in [0.1, 0.15) is 6.54 Å². The van der Waals surface area contributed by atoms with Crippen molar-refractivity contribution in [2.45, 2.75) is 26.3 Å². The molecule has 4 nitrogen and oxygen atoms in total. The van der Waals surface area contributed by atoms with Crippen LogP contribution < -0.4 is 0 Å². The minimum atomic E-state index is -1.05. The fourth-order valence-electron chi connectivity index (χ4n) is 1.56. The molecular formula is C13H15BrClNO3. The predicted octanol–water partition coefficient (Wildman–Crippen LogP) is 3.43. The van der Waals surface area contributed by atoms with Crippen LogP contribution in [0.1, 0.15) is 31.1 Å². The zero-order chi connectivity index (χ0) is 14.8. The molecule has 104 valence electrons. The Morgan fingerprint density at radius 3 is 2.42 bits per heavy atom. The number of carbonyl (C=O) groups excluding carboxylic acids is 1. The van der Waals surface area contributed by atoms with Crippen LogP contribution >= 0.6 is 27.5 Å². The second kappa shape index (κ2) is 5.92. The number of aliphatic carboxylic acids is 1. The monoisotopic (exact) mass is 347 g/mol. The van der Waals surface area contributed by atoms with Crippen LogP contribution in [-0.2, 0) is 4.79 Å². The Morgan fingerprint density at radius 1 is 1.37 bits per heavy atom. The zero-order valence-corrected chi connectivity index (χ0v) is 13.2. The number of nitrogens with zero attached hydrogens (tertiary/aromatic N) is 1. The highest BCUT2D eigenvalue weighted by atomic mass is 79.9. The van der Waals surface area contributed by atoms with E-state index in [9.17, 15) is 9.59 Å². The summed E-state index contributed by atoms with van der Waals surface area (Å²) < 4.78 is 0.585. The summed E-state index contributed by atoms with van der Waals surface area (Å²) in [4.78, 5) is 24.7. The molecule has 1 aromatic carbocycles. The van der Waals surface area contributed by atoms with E-state index in [2.05, 4.69) is 15.9 Å². The molecule has 0 saturated carbocycles. The van der Waals surface area contributed by atoms with Gasteiger partial charge in [-0.1, -0.05) is 11.6 Å². The average Bonchev–Trinajstić information content (AvgIpc) is 2.26. The summed E-state index contributed by atoms with van der Waals surface area (Å²) in [5.41, 5.74) is -0.249. The van der Waals surface area contributed by atoms with E-state index in [1.807, 2.05) is 0 Å². The van der Waals surface area contributed by atoms with Crippen LogP contribution in [-0.4, -0.2) is 34.0 Å². The lowest BCUT2D eigenvalue weighted by Gasteiger charge is -2.34. The normalized spacial score (nSPS) is 11.2. The van der Waals surface area contributed by atoms with E-state index in [1.165, 1.54) is 11.0 Å². The van der Waals surface area contributed by atoms with Crippen molar-refractivity contribution in [2.24, 2.45) is 0 Å². The van der Waals surface area contributed by atoms with Gasteiger partial charge in [-0.2, -0.15) is 0 Å². The van der Waals surface area contributed by atoms with Gasteiger partial charge in [0.15, 0.2) is 0 Å². The Hall–Kier alpha value is -1.07. The maximum absolute atomic E-state index is 12.5. The number of halogens is 2. The first kappa shape index (κ1) is 16.0. The summed E-state index contributed by atoms with van der Waals surface area (Å²) >= 11 is 9.16. The topological polar surface area (TPSA) is 57.6 Å². The maximum Gasteiger partial charge on any atom is 0.323 e. The van der Waals surface area contributed by atoms with Crippen LogP contribution in [0.5, 0.6) is 0 Å². The van der Waals surface area contributed by atoms with Crippen molar-refractivity contribution in [3.63, 3.8) is 0 Å². The van der Waals surface area contributed by atoms with Crippen molar-refractivity contribution in [3.8, 4) is 0 Å². The molecule has 1 amide bonds. The standard InChI is InChI=1S/C13H15BrClNO3/c1-13(2,3)16(7-11(17)18)12(19)9-6-8(15)4-5-10(9)14/h4-6H,7H2,1-3H3,(H,17,18). The highest BCUT2D eigenvalue weighted by molar-refractivity contribution is 9.10. The molecule has 0 radical (unpaired) electrons. The molecule has 1 N–H and O–H groups in total. The number of benzene rings is 1. The third-order valence-corrected chi connectivity index (χ3v) is 3.43. The molecular weight excluding hydrogens is 334 g/mol. The molecule has 0 aromatic heterocycles. The average molecular weight is 349 g/mol. The van der Waals surface area contributed by atoms with E-state index >= 15 is 0 Å². The summed E-state index contributed by atoms with van der Waals surface area (Å²) in [6, 6.07) is 4.84. The van der Waals surface area contributed by atoms with Crippen molar-refractivity contribution in [1.29, 1.82) is 0 Å². The second-order valence-electron chi connectivity index (χ2n) is 5.08. The summed E-state index contributed by atoms with van der Waals surface area (Å²) in [5, 5.41) is 9.36. The van der Waals surface area contributed by atoms with Gasteiger partial charge in [0.2, 0.25) is 0 Å². The number of carboxylic acid groups (broad SMARTS) is 1. The lowest BCUT2D eigenvalue weighted by molar-refractivity contribution is -0.138. The van der Waals surface area contributed by atoms with E-state index in [1.54, 1.807) is 32.9 Å². The van der Waals surface area contributed by atoms with Crippen molar-refractivity contribution in [2.75, 3.05) is 6.54 Å². The Morgan fingerprint density at radius 2 is 1.95 bits per heavy atom. The molecule has 0 spiro atoms. The van der Waals surface area contributed by atoms with Crippen LogP contribution in [0.2, 0.25) is 5.02 Å². The quantitative estimate of drug-likeness (QED) is 0.910. The molecule has 0 bridgehead atoms. The molecule has 19 heavy (non-hydrogen) atoms. The van der Waals surface area contributed by atoms with Gasteiger partial charge < -0.3 is 10.0 Å². The third kappa shape index (κ3) is 4.21. The number of carboxylic acids is 1. The fraction of sp³-hybridized carbons (Fsp3) is 0.385. The predicted molar refractivity (Wildman–Crippen MR) is 77.6 cm³/mol. The first-order valence-electron chi connectivity index (χ1n) is 5.61. The zero-order valence-electron chi connectivity index (χ0n) is 10.9. The highest BCUT2D eigenvalue weighted by Gasteiger charge is 2.30. The van der Waals surface area contributed by atoms with Gasteiger partial charge in [0, 0.05) is 15.0 Å². The van der Waals surface area contributed by atoms with Crippen molar-refractivity contribution >= 4 is 39.4 Å². The molecule has 0 unspecified atom stereocenters. The van der Waals surface area contributed by atoms with Crippen molar-refractivity contribution in [1.82, 2.24) is 4.90 Å². The van der Waals surface area contributed by atoms with Crippen LogP contribution in [0, 0.1) is 0 Å². The molecule has 0 aliphatic heterocycles. The van der Waals surface area contributed by atoms with Gasteiger partial charge in [0.25, 0.3) is 5.91 Å². The number of hydrogen-bond acceptors (Lipinski definition) is 2. The first-order chi connectivity index (χ1) is 8.62. The van der Waals surface area contributed by atoms with E-state index in [4.69, 9.17) is 16.7 Å². The second-order valence-corrected chi connectivity index (χ2v) is 6.37. The molecule has 0 fully saturated rings. The van der Waals surface area contributed by atoms with E-state index < -0.39 is 11.5 Å². The first-order valence-corrected chi connectivity index (χ1v) is 6.79. The Labute approximate surface area is 125 Å². The van der Waals surface area contributed by atoms with Crippen LogP contribution in [0.4, 0.5) is 0 Å². The minimum absolute atomic E-state index is 0.351. The SMILES string of the molecule is CC(C)(C)N(CC(=O)O)C(=O)c1cc(Cl)ccc1Br. The molecule has 1 aromatic rings. The van der Waals surface area contributed by atoms with Gasteiger partial charge in [-0.05, 0) is 54.9 Å². The minimum Gasteiger partial charge on any atom is -0.480 e. The third-order valence-electron chi connectivity index (χ3n) is 2.51. The molecule has 0 heterocycles. The summed E-state index contributed by atoms with van der Waals surface area (Å²) in [5.74, 6) is -1.43. The lowest BCUT2D eigenvalue weighted by atomic mass is 10.0. The molecule has 0 saturated heterocycles. The smallest absolute Gasteiger partial charge is 0.323 e. The van der Waals surface area contributed by atoms with Crippen LogP contribution in [0.25, 0.3) is 0 Å².